The molecule has 0 fully saturated rings. The van der Waals surface area contributed by atoms with Crippen molar-refractivity contribution < 1.29 is 4.79 Å². The second-order valence-electron chi connectivity index (χ2n) is 4.45. The van der Waals surface area contributed by atoms with Gasteiger partial charge in [0.1, 0.15) is 0 Å². The third kappa shape index (κ3) is 3.30. The van der Waals surface area contributed by atoms with E-state index in [1.807, 2.05) is 32.5 Å². The Hall–Kier alpha value is -1.36. The second kappa shape index (κ2) is 5.82. The molecule has 17 heavy (non-hydrogen) atoms. The molecule has 1 atom stereocenters. The molecule has 3 N–H and O–H groups in total. The lowest BCUT2D eigenvalue weighted by Crippen LogP contribution is -2.34. The molecule has 5 heteroatoms. The fourth-order valence-corrected chi connectivity index (χ4v) is 1.77. The standard InChI is InChI=1S/C12H22N4O/c1-8(7-13)12(17)14-6-5-11-9(2)15-16(4)10(11)3/h8H,5-7,13H2,1-4H3,(H,14,17). The van der Waals surface area contributed by atoms with Crippen LogP contribution in [0.1, 0.15) is 23.9 Å². The van der Waals surface area contributed by atoms with Crippen LogP contribution in [0, 0.1) is 19.8 Å². The minimum Gasteiger partial charge on any atom is -0.355 e. The van der Waals surface area contributed by atoms with Gasteiger partial charge >= 0.3 is 0 Å². The molecule has 0 aliphatic heterocycles. The van der Waals surface area contributed by atoms with E-state index in [1.54, 1.807) is 0 Å². The average Bonchev–Trinajstić information content (AvgIpc) is 2.54. The Balaban J connectivity index is 2.49. The Kier molecular flexibility index (Phi) is 4.69. The topological polar surface area (TPSA) is 72.9 Å². The lowest BCUT2D eigenvalue weighted by molar-refractivity contribution is -0.124. The van der Waals surface area contributed by atoms with Gasteiger partial charge in [-0.15, -0.1) is 0 Å². The lowest BCUT2D eigenvalue weighted by Gasteiger charge is -2.09. The summed E-state index contributed by atoms with van der Waals surface area (Å²) in [5.41, 5.74) is 8.84. The quantitative estimate of drug-likeness (QED) is 0.774. The summed E-state index contributed by atoms with van der Waals surface area (Å²) in [5.74, 6) is -0.0993. The number of carbonyl (C=O) groups excluding carboxylic acids is 1. The highest BCUT2D eigenvalue weighted by molar-refractivity contribution is 5.78. The van der Waals surface area contributed by atoms with Crippen LogP contribution in [0.4, 0.5) is 0 Å². The molecule has 1 heterocycles. The summed E-state index contributed by atoms with van der Waals surface area (Å²) in [6.45, 7) is 6.88. The zero-order valence-electron chi connectivity index (χ0n) is 11.1. The highest BCUT2D eigenvalue weighted by atomic mass is 16.1. The number of aryl methyl sites for hydroxylation is 2. The van der Waals surface area contributed by atoms with Gasteiger partial charge in [-0.25, -0.2) is 0 Å². The molecule has 1 aromatic heterocycles. The first kappa shape index (κ1) is 13.7. The lowest BCUT2D eigenvalue weighted by atomic mass is 10.1. The average molecular weight is 238 g/mol. The molecule has 0 aromatic carbocycles. The number of nitrogens with two attached hydrogens (primary N) is 1. The summed E-state index contributed by atoms with van der Waals surface area (Å²) in [6.07, 6.45) is 0.814. The van der Waals surface area contributed by atoms with E-state index in [4.69, 9.17) is 5.73 Å². The van der Waals surface area contributed by atoms with Crippen molar-refractivity contribution in [3.63, 3.8) is 0 Å². The molecule has 0 radical (unpaired) electrons. The van der Waals surface area contributed by atoms with Crippen molar-refractivity contribution in [1.29, 1.82) is 0 Å². The van der Waals surface area contributed by atoms with Crippen LogP contribution in [0.25, 0.3) is 0 Å². The molecule has 0 spiro atoms. The zero-order chi connectivity index (χ0) is 13.0. The maximum atomic E-state index is 11.5. The van der Waals surface area contributed by atoms with Gasteiger partial charge in [-0.3, -0.25) is 9.48 Å². The minimum absolute atomic E-state index is 0.0201. The molecule has 0 bridgehead atoms. The molecule has 0 aliphatic carbocycles. The van der Waals surface area contributed by atoms with E-state index < -0.39 is 0 Å². The first-order valence-corrected chi connectivity index (χ1v) is 5.94. The molecule has 5 nitrogen and oxygen atoms in total. The van der Waals surface area contributed by atoms with Crippen LogP contribution in [-0.2, 0) is 18.3 Å². The number of rotatable bonds is 5. The molecule has 1 unspecified atom stereocenters. The molecule has 0 saturated carbocycles. The summed E-state index contributed by atoms with van der Waals surface area (Å²) in [7, 11) is 1.93. The molecule has 96 valence electrons. The summed E-state index contributed by atoms with van der Waals surface area (Å²) < 4.78 is 1.87. The van der Waals surface area contributed by atoms with E-state index in [1.165, 1.54) is 5.56 Å². The fourth-order valence-electron chi connectivity index (χ4n) is 1.77. The zero-order valence-corrected chi connectivity index (χ0v) is 11.1. The summed E-state index contributed by atoms with van der Waals surface area (Å²) in [5, 5.41) is 7.23. The van der Waals surface area contributed by atoms with Crippen LogP contribution in [0.2, 0.25) is 0 Å². The van der Waals surface area contributed by atoms with Gasteiger partial charge in [0.25, 0.3) is 0 Å². The maximum Gasteiger partial charge on any atom is 0.224 e. The highest BCUT2D eigenvalue weighted by Crippen LogP contribution is 2.11. The van der Waals surface area contributed by atoms with Crippen LogP contribution in [0.3, 0.4) is 0 Å². The smallest absolute Gasteiger partial charge is 0.224 e. The second-order valence-corrected chi connectivity index (χ2v) is 4.45. The van der Waals surface area contributed by atoms with Gasteiger partial charge < -0.3 is 11.1 Å². The summed E-state index contributed by atoms with van der Waals surface area (Å²) in [4.78, 5) is 11.5. The maximum absolute atomic E-state index is 11.5. The number of nitrogens with one attached hydrogen (secondary N) is 1. The number of hydrogen-bond donors (Lipinski definition) is 2. The van der Waals surface area contributed by atoms with Crippen LogP contribution < -0.4 is 11.1 Å². The van der Waals surface area contributed by atoms with Crippen molar-refractivity contribution in [3.8, 4) is 0 Å². The monoisotopic (exact) mass is 238 g/mol. The Labute approximate surface area is 102 Å². The number of aromatic nitrogens is 2. The van der Waals surface area contributed by atoms with Crippen LogP contribution in [-0.4, -0.2) is 28.8 Å². The van der Waals surface area contributed by atoms with Crippen molar-refractivity contribution >= 4 is 5.91 Å². The Bertz CT molecular complexity index is 397. The Morgan fingerprint density at radius 3 is 2.65 bits per heavy atom. The number of carbonyl (C=O) groups is 1. The fraction of sp³-hybridized carbons (Fsp3) is 0.667. The van der Waals surface area contributed by atoms with Gasteiger partial charge in [0.2, 0.25) is 5.91 Å². The molecule has 0 saturated heterocycles. The number of hydrogen-bond acceptors (Lipinski definition) is 3. The summed E-state index contributed by atoms with van der Waals surface area (Å²) in [6, 6.07) is 0. The molecular weight excluding hydrogens is 216 g/mol. The predicted molar refractivity (Wildman–Crippen MR) is 67.6 cm³/mol. The number of amides is 1. The SMILES string of the molecule is Cc1nn(C)c(C)c1CCNC(=O)C(C)CN. The normalized spacial score (nSPS) is 12.5. The van der Waals surface area contributed by atoms with E-state index in [2.05, 4.69) is 10.4 Å². The van der Waals surface area contributed by atoms with Gasteiger partial charge in [0, 0.05) is 31.7 Å². The van der Waals surface area contributed by atoms with Crippen LogP contribution in [0.15, 0.2) is 0 Å². The van der Waals surface area contributed by atoms with Crippen molar-refractivity contribution in [2.75, 3.05) is 13.1 Å². The van der Waals surface area contributed by atoms with Gasteiger partial charge in [-0.05, 0) is 25.8 Å². The molecule has 0 aliphatic rings. The first-order chi connectivity index (χ1) is 7.97. The van der Waals surface area contributed by atoms with E-state index in [0.717, 1.165) is 17.8 Å². The molecular formula is C12H22N4O. The van der Waals surface area contributed by atoms with Gasteiger partial charge in [0.15, 0.2) is 0 Å². The molecule has 1 rings (SSSR count). The van der Waals surface area contributed by atoms with Crippen LogP contribution in [0.5, 0.6) is 0 Å². The van der Waals surface area contributed by atoms with Crippen molar-refractivity contribution in [2.24, 2.45) is 18.7 Å². The Morgan fingerprint density at radius 1 is 1.53 bits per heavy atom. The van der Waals surface area contributed by atoms with Crippen molar-refractivity contribution in [3.05, 3.63) is 17.0 Å². The molecule has 1 amide bonds. The van der Waals surface area contributed by atoms with Crippen molar-refractivity contribution in [1.82, 2.24) is 15.1 Å². The van der Waals surface area contributed by atoms with Gasteiger partial charge in [-0.1, -0.05) is 6.92 Å². The van der Waals surface area contributed by atoms with Gasteiger partial charge in [0.05, 0.1) is 5.69 Å². The van der Waals surface area contributed by atoms with E-state index in [0.29, 0.717) is 13.1 Å². The van der Waals surface area contributed by atoms with Crippen LogP contribution >= 0.6 is 0 Å². The molecule has 1 aromatic rings. The Morgan fingerprint density at radius 2 is 2.18 bits per heavy atom. The predicted octanol–water partition coefficient (Wildman–Crippen LogP) is 0.290. The van der Waals surface area contributed by atoms with E-state index in [9.17, 15) is 4.79 Å². The third-order valence-electron chi connectivity index (χ3n) is 3.13. The summed E-state index contributed by atoms with van der Waals surface area (Å²) >= 11 is 0. The van der Waals surface area contributed by atoms with Gasteiger partial charge in [-0.2, -0.15) is 5.10 Å². The highest BCUT2D eigenvalue weighted by Gasteiger charge is 2.12. The van der Waals surface area contributed by atoms with E-state index >= 15 is 0 Å². The number of nitrogens with zero attached hydrogens (tertiary/aromatic N) is 2. The third-order valence-corrected chi connectivity index (χ3v) is 3.13. The minimum atomic E-state index is -0.119. The first-order valence-electron chi connectivity index (χ1n) is 5.94. The largest absolute Gasteiger partial charge is 0.355 e. The van der Waals surface area contributed by atoms with E-state index in [-0.39, 0.29) is 11.8 Å². The van der Waals surface area contributed by atoms with Crippen molar-refractivity contribution in [2.45, 2.75) is 27.2 Å².